The molecular formula is C20H29NO4. The third-order valence-electron chi connectivity index (χ3n) is 5.01. The maximum Gasteiger partial charge on any atom is 0.228 e. The van der Waals surface area contributed by atoms with Crippen molar-refractivity contribution in [2.75, 3.05) is 19.8 Å². The molecule has 1 aromatic rings. The first-order valence-electron chi connectivity index (χ1n) is 9.20. The van der Waals surface area contributed by atoms with Crippen molar-refractivity contribution < 1.29 is 19.0 Å². The lowest BCUT2D eigenvalue weighted by atomic mass is 9.87. The Kier molecular flexibility index (Phi) is 5.77. The largest absolute Gasteiger partial charge is 0.376 e. The van der Waals surface area contributed by atoms with E-state index in [2.05, 4.69) is 5.32 Å². The fraction of sp³-hybridized carbons (Fsp3) is 0.650. The average molecular weight is 347 g/mol. The van der Waals surface area contributed by atoms with E-state index >= 15 is 0 Å². The van der Waals surface area contributed by atoms with E-state index in [4.69, 9.17) is 14.2 Å². The van der Waals surface area contributed by atoms with Gasteiger partial charge in [0, 0.05) is 18.9 Å². The highest BCUT2D eigenvalue weighted by molar-refractivity contribution is 5.82. The van der Waals surface area contributed by atoms with Gasteiger partial charge in [-0.15, -0.1) is 0 Å². The fourth-order valence-corrected chi connectivity index (χ4v) is 3.52. The second-order valence-electron chi connectivity index (χ2n) is 7.74. The summed E-state index contributed by atoms with van der Waals surface area (Å²) in [7, 11) is 0. The summed E-state index contributed by atoms with van der Waals surface area (Å²) in [6.07, 6.45) is 3.64. The van der Waals surface area contributed by atoms with Gasteiger partial charge in [-0.25, -0.2) is 0 Å². The SMILES string of the molecule is CC(C)(COCc1ccccc1)C(=O)N[C@H]1CCCC2(C1)OCCO2. The highest BCUT2D eigenvalue weighted by Gasteiger charge is 2.42. The van der Waals surface area contributed by atoms with Gasteiger partial charge in [-0.3, -0.25) is 4.79 Å². The highest BCUT2D eigenvalue weighted by atomic mass is 16.7. The maximum atomic E-state index is 12.7. The van der Waals surface area contributed by atoms with E-state index in [0.29, 0.717) is 26.4 Å². The van der Waals surface area contributed by atoms with E-state index in [1.54, 1.807) is 0 Å². The number of carbonyl (C=O) groups excluding carboxylic acids is 1. The topological polar surface area (TPSA) is 56.8 Å². The van der Waals surface area contributed by atoms with Gasteiger partial charge in [0.25, 0.3) is 0 Å². The van der Waals surface area contributed by atoms with Crippen LogP contribution in [0.4, 0.5) is 0 Å². The van der Waals surface area contributed by atoms with E-state index in [1.807, 2.05) is 44.2 Å². The lowest BCUT2D eigenvalue weighted by molar-refractivity contribution is -0.182. The molecule has 0 aromatic heterocycles. The summed E-state index contributed by atoms with van der Waals surface area (Å²) >= 11 is 0. The molecule has 1 N–H and O–H groups in total. The van der Waals surface area contributed by atoms with Crippen molar-refractivity contribution in [3.8, 4) is 0 Å². The molecule has 5 nitrogen and oxygen atoms in total. The first-order chi connectivity index (χ1) is 12.0. The molecule has 3 rings (SSSR count). The van der Waals surface area contributed by atoms with Crippen LogP contribution in [0, 0.1) is 5.41 Å². The van der Waals surface area contributed by atoms with Gasteiger partial charge in [-0.05, 0) is 32.3 Å². The monoisotopic (exact) mass is 347 g/mol. The van der Waals surface area contributed by atoms with Gasteiger partial charge < -0.3 is 19.5 Å². The Morgan fingerprint density at radius 3 is 2.72 bits per heavy atom. The zero-order valence-electron chi connectivity index (χ0n) is 15.3. The molecule has 1 saturated heterocycles. The summed E-state index contributed by atoms with van der Waals surface area (Å²) in [6.45, 7) is 6.06. The molecule has 1 aliphatic heterocycles. The van der Waals surface area contributed by atoms with Crippen LogP contribution in [0.2, 0.25) is 0 Å². The smallest absolute Gasteiger partial charge is 0.228 e. The van der Waals surface area contributed by atoms with Crippen LogP contribution >= 0.6 is 0 Å². The van der Waals surface area contributed by atoms with Crippen LogP contribution in [0.15, 0.2) is 30.3 Å². The van der Waals surface area contributed by atoms with Crippen molar-refractivity contribution in [1.29, 1.82) is 0 Å². The van der Waals surface area contributed by atoms with Crippen LogP contribution in [0.25, 0.3) is 0 Å². The third kappa shape index (κ3) is 4.81. The molecular weight excluding hydrogens is 318 g/mol. The molecule has 1 amide bonds. The molecule has 2 fully saturated rings. The van der Waals surface area contributed by atoms with Crippen LogP contribution in [0.1, 0.15) is 45.1 Å². The zero-order valence-corrected chi connectivity index (χ0v) is 15.3. The Labute approximate surface area is 150 Å². The Morgan fingerprint density at radius 2 is 2.00 bits per heavy atom. The normalized spacial score (nSPS) is 22.9. The molecule has 1 saturated carbocycles. The van der Waals surface area contributed by atoms with E-state index in [-0.39, 0.29) is 11.9 Å². The molecule has 25 heavy (non-hydrogen) atoms. The molecule has 0 bridgehead atoms. The van der Waals surface area contributed by atoms with Gasteiger partial charge in [-0.1, -0.05) is 30.3 Å². The number of carbonyl (C=O) groups is 1. The van der Waals surface area contributed by atoms with Gasteiger partial charge in [0.2, 0.25) is 5.91 Å². The van der Waals surface area contributed by atoms with E-state index in [0.717, 1.165) is 31.2 Å². The minimum atomic E-state index is -0.573. The standard InChI is InChI=1S/C20H29NO4/c1-19(2,15-23-14-16-7-4-3-5-8-16)18(22)21-17-9-6-10-20(13-17)24-11-12-25-20/h3-5,7-8,17H,6,9-15H2,1-2H3,(H,21,22)/t17-/m0/s1. The predicted octanol–water partition coefficient (Wildman–Crippen LogP) is 3.03. The third-order valence-corrected chi connectivity index (χ3v) is 5.01. The molecule has 0 radical (unpaired) electrons. The summed E-state index contributed by atoms with van der Waals surface area (Å²) < 4.78 is 17.4. The number of ether oxygens (including phenoxy) is 3. The van der Waals surface area contributed by atoms with Crippen molar-refractivity contribution in [3.63, 3.8) is 0 Å². The predicted molar refractivity (Wildman–Crippen MR) is 94.9 cm³/mol. The second kappa shape index (κ2) is 7.85. The second-order valence-corrected chi connectivity index (χ2v) is 7.74. The van der Waals surface area contributed by atoms with Crippen molar-refractivity contribution in [1.82, 2.24) is 5.32 Å². The van der Waals surface area contributed by atoms with Crippen LogP contribution in [-0.2, 0) is 25.6 Å². The number of benzene rings is 1. The molecule has 1 aliphatic carbocycles. The highest BCUT2D eigenvalue weighted by Crippen LogP contribution is 2.36. The lowest BCUT2D eigenvalue weighted by Gasteiger charge is -2.37. The molecule has 1 aromatic carbocycles. The summed E-state index contributed by atoms with van der Waals surface area (Å²) in [5.74, 6) is -0.440. The van der Waals surface area contributed by atoms with E-state index in [9.17, 15) is 4.79 Å². The Bertz CT molecular complexity index is 566. The molecule has 138 valence electrons. The van der Waals surface area contributed by atoms with Gasteiger partial charge >= 0.3 is 0 Å². The number of amides is 1. The van der Waals surface area contributed by atoms with Crippen molar-refractivity contribution in [2.45, 2.75) is 58.0 Å². The van der Waals surface area contributed by atoms with Gasteiger partial charge in [-0.2, -0.15) is 0 Å². The van der Waals surface area contributed by atoms with Crippen molar-refractivity contribution in [3.05, 3.63) is 35.9 Å². The van der Waals surface area contributed by atoms with Crippen LogP contribution < -0.4 is 5.32 Å². The minimum Gasteiger partial charge on any atom is -0.376 e. The van der Waals surface area contributed by atoms with E-state index in [1.165, 1.54) is 0 Å². The molecule has 1 atom stereocenters. The Balaban J connectivity index is 1.47. The number of hydrogen-bond acceptors (Lipinski definition) is 4. The van der Waals surface area contributed by atoms with E-state index < -0.39 is 11.2 Å². The molecule has 1 heterocycles. The van der Waals surface area contributed by atoms with Crippen LogP contribution in [0.3, 0.4) is 0 Å². The zero-order chi connectivity index (χ0) is 17.8. The number of nitrogens with one attached hydrogen (secondary N) is 1. The quantitative estimate of drug-likeness (QED) is 0.859. The van der Waals surface area contributed by atoms with Gasteiger partial charge in [0.1, 0.15) is 0 Å². The maximum absolute atomic E-state index is 12.7. The Hall–Kier alpha value is -1.43. The first-order valence-corrected chi connectivity index (χ1v) is 9.20. The number of hydrogen-bond donors (Lipinski definition) is 1. The van der Waals surface area contributed by atoms with Gasteiger partial charge in [0.15, 0.2) is 5.79 Å². The summed E-state index contributed by atoms with van der Waals surface area (Å²) in [6, 6.07) is 10.1. The summed E-state index contributed by atoms with van der Waals surface area (Å²) in [5, 5.41) is 3.18. The molecule has 5 heteroatoms. The summed E-state index contributed by atoms with van der Waals surface area (Å²) in [4.78, 5) is 12.7. The molecule has 0 unspecified atom stereocenters. The number of rotatable bonds is 6. The summed E-state index contributed by atoms with van der Waals surface area (Å²) in [5.41, 5.74) is 0.542. The minimum absolute atomic E-state index is 0.0283. The molecule has 1 spiro atoms. The lowest BCUT2D eigenvalue weighted by Crippen LogP contribution is -2.50. The van der Waals surface area contributed by atoms with Crippen LogP contribution in [0.5, 0.6) is 0 Å². The molecule has 2 aliphatic rings. The average Bonchev–Trinajstić information content (AvgIpc) is 3.03. The first kappa shape index (κ1) is 18.4. The van der Waals surface area contributed by atoms with Crippen molar-refractivity contribution >= 4 is 5.91 Å². The Morgan fingerprint density at radius 1 is 1.28 bits per heavy atom. The van der Waals surface area contributed by atoms with Gasteiger partial charge in [0.05, 0.1) is 31.8 Å². The fourth-order valence-electron chi connectivity index (χ4n) is 3.52. The van der Waals surface area contributed by atoms with Crippen LogP contribution in [-0.4, -0.2) is 37.6 Å². The van der Waals surface area contributed by atoms with Crippen molar-refractivity contribution in [2.24, 2.45) is 5.41 Å².